The molecule has 0 radical (unpaired) electrons. The molecule has 0 spiro atoms. The third-order valence-electron chi connectivity index (χ3n) is 1.59. The van der Waals surface area contributed by atoms with E-state index in [1.54, 1.807) is 6.07 Å². The molecule has 0 bridgehead atoms. The van der Waals surface area contributed by atoms with Crippen LogP contribution in [0.25, 0.3) is 0 Å². The van der Waals surface area contributed by atoms with E-state index in [2.05, 4.69) is 0 Å². The minimum absolute atomic E-state index is 0.128. The molecule has 0 aliphatic rings. The molecule has 15 heavy (non-hydrogen) atoms. The number of aliphatic hydroxyl groups excluding tert-OH is 3. The average molecular weight is 216 g/mol. The summed E-state index contributed by atoms with van der Waals surface area (Å²) in [6.45, 7) is -1.61. The van der Waals surface area contributed by atoms with Crippen LogP contribution >= 0.6 is 0 Å². The molecule has 0 saturated heterocycles. The molecule has 1 aromatic carbocycles. The van der Waals surface area contributed by atoms with Gasteiger partial charge in [-0.05, 0) is 12.1 Å². The molecule has 0 atom stereocenters. The molecular formula is C9H12O6. The molecule has 0 aliphatic carbocycles. The van der Waals surface area contributed by atoms with Gasteiger partial charge in [-0.1, -0.05) is 6.07 Å². The van der Waals surface area contributed by atoms with Crippen LogP contribution in [0.1, 0.15) is 0 Å². The van der Waals surface area contributed by atoms with Crippen molar-refractivity contribution in [3.8, 4) is 17.2 Å². The van der Waals surface area contributed by atoms with E-state index in [-0.39, 0.29) is 17.2 Å². The van der Waals surface area contributed by atoms with Crippen molar-refractivity contribution in [3.63, 3.8) is 0 Å². The zero-order chi connectivity index (χ0) is 11.1. The second kappa shape index (κ2) is 6.07. The lowest BCUT2D eigenvalue weighted by molar-refractivity contribution is 0.0613. The first-order valence-corrected chi connectivity index (χ1v) is 4.17. The quantitative estimate of drug-likeness (QED) is 0.564. The molecule has 0 amide bonds. The van der Waals surface area contributed by atoms with Crippen LogP contribution in [-0.2, 0) is 0 Å². The average Bonchev–Trinajstić information content (AvgIpc) is 2.23. The SMILES string of the molecule is OCOc1cccc(OCO)c1OCO. The first-order valence-electron chi connectivity index (χ1n) is 4.17. The van der Waals surface area contributed by atoms with Crippen LogP contribution in [0.5, 0.6) is 17.2 Å². The summed E-state index contributed by atoms with van der Waals surface area (Å²) >= 11 is 0. The van der Waals surface area contributed by atoms with Gasteiger partial charge < -0.3 is 29.5 Å². The van der Waals surface area contributed by atoms with Gasteiger partial charge in [0.15, 0.2) is 31.9 Å². The highest BCUT2D eigenvalue weighted by Crippen LogP contribution is 2.36. The standard InChI is InChI=1S/C9H12O6/c10-4-13-7-2-1-3-8(14-5-11)9(7)15-6-12/h1-3,10-12H,4-6H2. The topological polar surface area (TPSA) is 88.4 Å². The predicted molar refractivity (Wildman–Crippen MR) is 49.6 cm³/mol. The van der Waals surface area contributed by atoms with E-state index in [0.717, 1.165) is 0 Å². The molecule has 6 nitrogen and oxygen atoms in total. The third kappa shape index (κ3) is 2.98. The molecule has 0 heterocycles. The molecule has 0 fully saturated rings. The molecule has 3 N–H and O–H groups in total. The fourth-order valence-electron chi connectivity index (χ4n) is 1.07. The van der Waals surface area contributed by atoms with Crippen molar-refractivity contribution in [2.75, 3.05) is 20.4 Å². The number of rotatable bonds is 6. The van der Waals surface area contributed by atoms with Gasteiger partial charge in [0.05, 0.1) is 0 Å². The van der Waals surface area contributed by atoms with E-state index in [9.17, 15) is 0 Å². The Bertz CT molecular complexity index is 276. The maximum Gasteiger partial charge on any atom is 0.206 e. The molecule has 6 heteroatoms. The highest BCUT2D eigenvalue weighted by Gasteiger charge is 2.11. The molecule has 0 aliphatic heterocycles. The van der Waals surface area contributed by atoms with Gasteiger partial charge in [0.2, 0.25) is 5.75 Å². The number of ether oxygens (including phenoxy) is 3. The van der Waals surface area contributed by atoms with E-state index < -0.39 is 20.4 Å². The summed E-state index contributed by atoms with van der Waals surface area (Å²) in [6.07, 6.45) is 0. The monoisotopic (exact) mass is 216 g/mol. The molecule has 84 valence electrons. The van der Waals surface area contributed by atoms with Crippen LogP contribution in [0.3, 0.4) is 0 Å². The Morgan fingerprint density at radius 1 is 0.800 bits per heavy atom. The Kier molecular flexibility index (Phi) is 4.69. The highest BCUT2D eigenvalue weighted by atomic mass is 16.6. The molecular weight excluding hydrogens is 204 g/mol. The highest BCUT2D eigenvalue weighted by molar-refractivity contribution is 5.51. The Balaban J connectivity index is 2.97. The van der Waals surface area contributed by atoms with E-state index in [1.807, 2.05) is 0 Å². The van der Waals surface area contributed by atoms with Gasteiger partial charge in [0.25, 0.3) is 0 Å². The molecule has 0 aromatic heterocycles. The maximum atomic E-state index is 8.65. The first kappa shape index (κ1) is 11.6. The smallest absolute Gasteiger partial charge is 0.206 e. The maximum absolute atomic E-state index is 8.65. The lowest BCUT2D eigenvalue weighted by Crippen LogP contribution is -2.04. The van der Waals surface area contributed by atoms with Gasteiger partial charge in [-0.3, -0.25) is 0 Å². The van der Waals surface area contributed by atoms with Gasteiger partial charge in [-0.2, -0.15) is 0 Å². The predicted octanol–water partition coefficient (Wildman–Crippen LogP) is -0.328. The summed E-state index contributed by atoms with van der Waals surface area (Å²) in [5.41, 5.74) is 0. The van der Waals surface area contributed by atoms with Crippen molar-refractivity contribution in [1.29, 1.82) is 0 Å². The number of benzene rings is 1. The van der Waals surface area contributed by atoms with E-state index in [1.165, 1.54) is 12.1 Å². The van der Waals surface area contributed by atoms with E-state index in [4.69, 9.17) is 29.5 Å². The van der Waals surface area contributed by atoms with Gasteiger partial charge >= 0.3 is 0 Å². The van der Waals surface area contributed by atoms with Crippen molar-refractivity contribution in [1.82, 2.24) is 0 Å². The summed E-state index contributed by atoms with van der Waals surface area (Å²) in [6, 6.07) is 4.66. The van der Waals surface area contributed by atoms with Crippen LogP contribution in [0, 0.1) is 0 Å². The molecule has 1 rings (SSSR count). The number of para-hydroxylation sites is 1. The van der Waals surface area contributed by atoms with Crippen molar-refractivity contribution in [2.24, 2.45) is 0 Å². The zero-order valence-corrected chi connectivity index (χ0v) is 7.92. The summed E-state index contributed by atoms with van der Waals surface area (Å²) in [5.74, 6) is 0.568. The minimum atomic E-state index is -0.562. The minimum Gasteiger partial charge on any atom is -0.464 e. The van der Waals surface area contributed by atoms with Crippen LogP contribution in [0.2, 0.25) is 0 Å². The molecule has 0 saturated carbocycles. The third-order valence-corrected chi connectivity index (χ3v) is 1.59. The van der Waals surface area contributed by atoms with Crippen molar-refractivity contribution >= 4 is 0 Å². The molecule has 0 unspecified atom stereocenters. The fraction of sp³-hybridized carbons (Fsp3) is 0.333. The second-order valence-corrected chi connectivity index (χ2v) is 2.40. The summed E-state index contributed by atoms with van der Waals surface area (Å²) in [5, 5.41) is 25.9. The fourth-order valence-corrected chi connectivity index (χ4v) is 1.07. The number of hydrogen-bond acceptors (Lipinski definition) is 6. The lowest BCUT2D eigenvalue weighted by Gasteiger charge is -2.13. The van der Waals surface area contributed by atoms with Crippen molar-refractivity contribution in [2.45, 2.75) is 0 Å². The lowest BCUT2D eigenvalue weighted by atomic mass is 10.3. The Morgan fingerprint density at radius 2 is 1.27 bits per heavy atom. The normalized spacial score (nSPS) is 9.80. The second-order valence-electron chi connectivity index (χ2n) is 2.40. The van der Waals surface area contributed by atoms with Gasteiger partial charge in [-0.25, -0.2) is 0 Å². The number of aliphatic hydroxyl groups is 3. The first-order chi connectivity index (χ1) is 7.33. The largest absolute Gasteiger partial charge is 0.464 e. The van der Waals surface area contributed by atoms with Gasteiger partial charge in [0, 0.05) is 0 Å². The Morgan fingerprint density at radius 3 is 1.67 bits per heavy atom. The Hall–Kier alpha value is -1.50. The van der Waals surface area contributed by atoms with Crippen molar-refractivity contribution < 1.29 is 29.5 Å². The van der Waals surface area contributed by atoms with E-state index in [0.29, 0.717) is 0 Å². The van der Waals surface area contributed by atoms with Crippen LogP contribution in [-0.4, -0.2) is 35.7 Å². The zero-order valence-electron chi connectivity index (χ0n) is 7.92. The number of hydrogen-bond donors (Lipinski definition) is 3. The van der Waals surface area contributed by atoms with Gasteiger partial charge in [-0.15, -0.1) is 0 Å². The van der Waals surface area contributed by atoms with Crippen LogP contribution in [0.15, 0.2) is 18.2 Å². The Labute approximate surface area is 86.2 Å². The van der Waals surface area contributed by atoms with E-state index >= 15 is 0 Å². The summed E-state index contributed by atoms with van der Waals surface area (Å²) < 4.78 is 14.5. The van der Waals surface area contributed by atoms with Crippen LogP contribution < -0.4 is 14.2 Å². The molecule has 1 aromatic rings. The summed E-state index contributed by atoms with van der Waals surface area (Å²) in [7, 11) is 0. The van der Waals surface area contributed by atoms with Crippen molar-refractivity contribution in [3.05, 3.63) is 18.2 Å². The summed E-state index contributed by atoms with van der Waals surface area (Å²) in [4.78, 5) is 0. The van der Waals surface area contributed by atoms with Crippen LogP contribution in [0.4, 0.5) is 0 Å². The van der Waals surface area contributed by atoms with Gasteiger partial charge in [0.1, 0.15) is 0 Å².